The van der Waals surface area contributed by atoms with Gasteiger partial charge in [-0.05, 0) is 37.4 Å². The number of hydrogen-bond acceptors (Lipinski definition) is 6. The van der Waals surface area contributed by atoms with E-state index >= 15 is 0 Å². The number of rotatable bonds is 6. The minimum Gasteiger partial charge on any atom is -0.384 e. The fourth-order valence-electron chi connectivity index (χ4n) is 2.92. The van der Waals surface area contributed by atoms with Gasteiger partial charge in [-0.25, -0.2) is 4.98 Å². The minimum absolute atomic E-state index is 0.108. The van der Waals surface area contributed by atoms with Crippen molar-refractivity contribution in [1.29, 1.82) is 0 Å². The number of amides is 1. The Morgan fingerprint density at radius 3 is 3.08 bits per heavy atom. The molecular formula is C17H23N5O2. The van der Waals surface area contributed by atoms with Crippen molar-refractivity contribution in [2.45, 2.75) is 26.3 Å². The van der Waals surface area contributed by atoms with Crippen molar-refractivity contribution in [3.8, 4) is 0 Å². The molecule has 0 aromatic carbocycles. The van der Waals surface area contributed by atoms with E-state index in [4.69, 9.17) is 10.3 Å². The molecule has 3 heterocycles. The van der Waals surface area contributed by atoms with Crippen LogP contribution in [-0.2, 0) is 13.0 Å². The lowest BCUT2D eigenvalue weighted by atomic mass is 10.1. The molecule has 0 radical (unpaired) electrons. The SMILES string of the molecule is CCc1cc(CN2CCC(CNC(=O)c3ccc(N)nc3)C2)on1. The molecule has 7 heteroatoms. The largest absolute Gasteiger partial charge is 0.384 e. The summed E-state index contributed by atoms with van der Waals surface area (Å²) in [5.41, 5.74) is 7.05. The number of aryl methyl sites for hydroxylation is 1. The second kappa shape index (κ2) is 7.44. The van der Waals surface area contributed by atoms with Crippen LogP contribution in [0.2, 0.25) is 0 Å². The highest BCUT2D eigenvalue weighted by molar-refractivity contribution is 5.93. The van der Waals surface area contributed by atoms with Gasteiger partial charge in [-0.15, -0.1) is 0 Å². The van der Waals surface area contributed by atoms with Gasteiger partial charge >= 0.3 is 0 Å². The third-order valence-electron chi connectivity index (χ3n) is 4.32. The number of aromatic nitrogens is 2. The Morgan fingerprint density at radius 1 is 1.50 bits per heavy atom. The second-order valence-corrected chi connectivity index (χ2v) is 6.21. The third-order valence-corrected chi connectivity index (χ3v) is 4.32. The van der Waals surface area contributed by atoms with E-state index < -0.39 is 0 Å². The Bertz CT molecular complexity index is 683. The van der Waals surface area contributed by atoms with E-state index in [9.17, 15) is 4.79 Å². The molecule has 24 heavy (non-hydrogen) atoms. The Labute approximate surface area is 141 Å². The molecule has 1 fully saturated rings. The number of nitrogen functional groups attached to an aromatic ring is 1. The zero-order valence-electron chi connectivity index (χ0n) is 13.9. The zero-order chi connectivity index (χ0) is 16.9. The highest BCUT2D eigenvalue weighted by Crippen LogP contribution is 2.18. The maximum Gasteiger partial charge on any atom is 0.252 e. The topological polar surface area (TPSA) is 97.3 Å². The molecule has 0 bridgehead atoms. The Hall–Kier alpha value is -2.41. The minimum atomic E-state index is -0.108. The van der Waals surface area contributed by atoms with Gasteiger partial charge in [-0.1, -0.05) is 12.1 Å². The van der Waals surface area contributed by atoms with Crippen LogP contribution in [0.4, 0.5) is 5.82 Å². The number of hydrogen-bond donors (Lipinski definition) is 2. The maximum absolute atomic E-state index is 12.1. The molecule has 2 aromatic heterocycles. The molecule has 0 spiro atoms. The third kappa shape index (κ3) is 4.11. The van der Waals surface area contributed by atoms with Gasteiger partial charge in [0.2, 0.25) is 0 Å². The molecule has 1 amide bonds. The van der Waals surface area contributed by atoms with Crippen LogP contribution in [-0.4, -0.2) is 40.6 Å². The molecule has 3 rings (SSSR count). The molecule has 1 unspecified atom stereocenters. The van der Waals surface area contributed by atoms with Crippen molar-refractivity contribution in [2.24, 2.45) is 5.92 Å². The van der Waals surface area contributed by atoms with Crippen LogP contribution < -0.4 is 11.1 Å². The molecular weight excluding hydrogens is 306 g/mol. The van der Waals surface area contributed by atoms with E-state index in [1.54, 1.807) is 12.1 Å². The first-order valence-electron chi connectivity index (χ1n) is 8.30. The van der Waals surface area contributed by atoms with Crippen LogP contribution in [0.5, 0.6) is 0 Å². The van der Waals surface area contributed by atoms with E-state index in [-0.39, 0.29) is 5.91 Å². The predicted octanol–water partition coefficient (Wildman–Crippen LogP) is 1.47. The lowest BCUT2D eigenvalue weighted by molar-refractivity contribution is 0.0947. The van der Waals surface area contributed by atoms with Crippen molar-refractivity contribution in [1.82, 2.24) is 20.4 Å². The average Bonchev–Trinajstić information content (AvgIpc) is 3.23. The van der Waals surface area contributed by atoms with Crippen LogP contribution in [0.15, 0.2) is 28.9 Å². The fourth-order valence-corrected chi connectivity index (χ4v) is 2.92. The zero-order valence-corrected chi connectivity index (χ0v) is 13.9. The van der Waals surface area contributed by atoms with Gasteiger partial charge in [0.1, 0.15) is 5.82 Å². The molecule has 0 aliphatic carbocycles. The highest BCUT2D eigenvalue weighted by Gasteiger charge is 2.24. The van der Waals surface area contributed by atoms with E-state index in [0.29, 0.717) is 23.8 Å². The fraction of sp³-hybridized carbons (Fsp3) is 0.471. The van der Waals surface area contributed by atoms with Gasteiger partial charge in [0.05, 0.1) is 17.8 Å². The lowest BCUT2D eigenvalue weighted by Gasteiger charge is -2.14. The first kappa shape index (κ1) is 16.4. The van der Waals surface area contributed by atoms with Crippen LogP contribution in [0.3, 0.4) is 0 Å². The Kier molecular flexibility index (Phi) is 5.10. The molecule has 3 N–H and O–H groups in total. The summed E-state index contributed by atoms with van der Waals surface area (Å²) >= 11 is 0. The molecule has 1 saturated heterocycles. The summed E-state index contributed by atoms with van der Waals surface area (Å²) in [4.78, 5) is 18.4. The molecule has 1 aliphatic heterocycles. The number of nitrogens with two attached hydrogens (primary N) is 1. The first-order chi connectivity index (χ1) is 11.6. The number of nitrogens with one attached hydrogen (secondary N) is 1. The van der Waals surface area contributed by atoms with E-state index in [1.807, 2.05) is 6.07 Å². The van der Waals surface area contributed by atoms with Gasteiger partial charge in [0.15, 0.2) is 5.76 Å². The van der Waals surface area contributed by atoms with E-state index in [2.05, 4.69) is 27.3 Å². The maximum atomic E-state index is 12.1. The monoisotopic (exact) mass is 329 g/mol. The van der Waals surface area contributed by atoms with Crippen molar-refractivity contribution in [3.63, 3.8) is 0 Å². The van der Waals surface area contributed by atoms with Crippen LogP contribution >= 0.6 is 0 Å². The molecule has 1 aliphatic rings. The van der Waals surface area contributed by atoms with Gasteiger partial charge in [0, 0.05) is 25.4 Å². The number of nitrogens with zero attached hydrogens (tertiary/aromatic N) is 3. The standard InChI is InChI=1S/C17H23N5O2/c1-2-14-7-15(24-21-14)11-22-6-5-12(10-22)8-20-17(23)13-3-4-16(18)19-9-13/h3-4,7,9,12H,2,5-6,8,10-11H2,1H3,(H2,18,19)(H,20,23). The summed E-state index contributed by atoms with van der Waals surface area (Å²) in [7, 11) is 0. The number of likely N-dealkylation sites (tertiary alicyclic amines) is 1. The molecule has 2 aromatic rings. The summed E-state index contributed by atoms with van der Waals surface area (Å²) in [6.45, 7) is 5.46. The quantitative estimate of drug-likeness (QED) is 0.833. The number of anilines is 1. The van der Waals surface area contributed by atoms with Crippen LogP contribution in [0.1, 0.15) is 35.2 Å². The smallest absolute Gasteiger partial charge is 0.252 e. The molecule has 128 valence electrons. The second-order valence-electron chi connectivity index (χ2n) is 6.21. The molecule has 1 atom stereocenters. The number of pyridine rings is 1. The Balaban J connectivity index is 1.44. The summed E-state index contributed by atoms with van der Waals surface area (Å²) in [6.07, 6.45) is 3.45. The first-order valence-corrected chi connectivity index (χ1v) is 8.30. The van der Waals surface area contributed by atoms with Crippen molar-refractivity contribution in [3.05, 3.63) is 41.4 Å². The van der Waals surface area contributed by atoms with E-state index in [1.165, 1.54) is 6.20 Å². The summed E-state index contributed by atoms with van der Waals surface area (Å²) in [5.74, 6) is 1.66. The van der Waals surface area contributed by atoms with Gasteiger partial charge in [0.25, 0.3) is 5.91 Å². The predicted molar refractivity (Wildman–Crippen MR) is 90.2 cm³/mol. The average molecular weight is 329 g/mol. The summed E-state index contributed by atoms with van der Waals surface area (Å²) < 4.78 is 5.34. The molecule has 7 nitrogen and oxygen atoms in total. The van der Waals surface area contributed by atoms with Crippen molar-refractivity contribution < 1.29 is 9.32 Å². The number of carbonyl (C=O) groups excluding carboxylic acids is 1. The number of carbonyl (C=O) groups is 1. The summed E-state index contributed by atoms with van der Waals surface area (Å²) in [5, 5.41) is 7.00. The van der Waals surface area contributed by atoms with E-state index in [0.717, 1.165) is 43.9 Å². The molecule has 0 saturated carbocycles. The van der Waals surface area contributed by atoms with Crippen molar-refractivity contribution in [2.75, 3.05) is 25.4 Å². The normalized spacial score (nSPS) is 18.0. The van der Waals surface area contributed by atoms with Gasteiger partial charge < -0.3 is 15.6 Å². The van der Waals surface area contributed by atoms with Gasteiger partial charge in [-0.2, -0.15) is 0 Å². The Morgan fingerprint density at radius 2 is 2.38 bits per heavy atom. The van der Waals surface area contributed by atoms with Crippen LogP contribution in [0.25, 0.3) is 0 Å². The van der Waals surface area contributed by atoms with Crippen LogP contribution in [0, 0.1) is 5.92 Å². The highest BCUT2D eigenvalue weighted by atomic mass is 16.5. The summed E-state index contributed by atoms with van der Waals surface area (Å²) in [6, 6.07) is 5.34. The lowest BCUT2D eigenvalue weighted by Crippen LogP contribution is -2.31. The van der Waals surface area contributed by atoms with Gasteiger partial charge in [-0.3, -0.25) is 9.69 Å². The van der Waals surface area contributed by atoms with Crippen molar-refractivity contribution >= 4 is 11.7 Å².